The minimum atomic E-state index is -1.19. The Labute approximate surface area is 203 Å². The highest BCUT2D eigenvalue weighted by Gasteiger charge is 2.23. The number of hydrogen-bond acceptors (Lipinski definition) is 4. The Morgan fingerprint density at radius 2 is 1.60 bits per heavy atom. The lowest BCUT2D eigenvalue weighted by molar-refractivity contribution is 0.0696. The highest BCUT2D eigenvalue weighted by Crippen LogP contribution is 2.42. The molecule has 0 unspecified atom stereocenters. The van der Waals surface area contributed by atoms with Crippen LogP contribution >= 0.6 is 0 Å². The molecule has 0 bridgehead atoms. The number of carboxylic acids is 2. The lowest BCUT2D eigenvalue weighted by Gasteiger charge is -2.22. The van der Waals surface area contributed by atoms with Crippen molar-refractivity contribution in [2.24, 2.45) is 0 Å². The Kier molecular flexibility index (Phi) is 6.60. The van der Waals surface area contributed by atoms with E-state index in [0.29, 0.717) is 22.5 Å². The molecule has 35 heavy (non-hydrogen) atoms. The predicted octanol–water partition coefficient (Wildman–Crippen LogP) is 4.87. The Balaban J connectivity index is 2.14. The van der Waals surface area contributed by atoms with E-state index in [1.54, 1.807) is 6.07 Å². The highest BCUT2D eigenvalue weighted by atomic mass is 16.4. The molecule has 2 aromatic rings. The molecular weight excluding hydrogens is 444 g/mol. The summed E-state index contributed by atoms with van der Waals surface area (Å²) in [4.78, 5) is 25.9. The molecule has 1 heterocycles. The molecule has 0 saturated carbocycles. The van der Waals surface area contributed by atoms with Crippen LogP contribution in [-0.4, -0.2) is 48.8 Å². The van der Waals surface area contributed by atoms with Gasteiger partial charge in [-0.25, -0.2) is 14.2 Å². The van der Waals surface area contributed by atoms with E-state index in [0.717, 1.165) is 41.6 Å². The van der Waals surface area contributed by atoms with Crippen LogP contribution in [0.4, 0.5) is 5.69 Å². The molecule has 4 rings (SSSR count). The number of fused-ring (bicyclic) bond motifs is 2. The molecule has 0 spiro atoms. The number of carbonyl (C=O) groups is 2. The van der Waals surface area contributed by atoms with E-state index in [2.05, 4.69) is 30.2 Å². The summed E-state index contributed by atoms with van der Waals surface area (Å²) in [7, 11) is 1.99. The van der Waals surface area contributed by atoms with Gasteiger partial charge < -0.3 is 19.5 Å². The van der Waals surface area contributed by atoms with E-state index >= 15 is 0 Å². The first-order valence-electron chi connectivity index (χ1n) is 11.7. The van der Waals surface area contributed by atoms with Crippen LogP contribution in [0.2, 0.25) is 0 Å². The third-order valence-corrected chi connectivity index (χ3v) is 6.50. The molecule has 0 radical (unpaired) electrons. The molecular formula is C28H29N2O5+. The van der Waals surface area contributed by atoms with Gasteiger partial charge in [-0.2, -0.15) is 0 Å². The van der Waals surface area contributed by atoms with E-state index in [-0.39, 0.29) is 11.1 Å². The van der Waals surface area contributed by atoms with Gasteiger partial charge >= 0.3 is 11.9 Å². The summed E-state index contributed by atoms with van der Waals surface area (Å²) >= 11 is 0. The van der Waals surface area contributed by atoms with Crippen LogP contribution in [0.1, 0.15) is 41.5 Å². The van der Waals surface area contributed by atoms with E-state index in [1.165, 1.54) is 12.1 Å². The monoisotopic (exact) mass is 473 g/mol. The molecule has 0 amide bonds. The third kappa shape index (κ3) is 4.37. The lowest BCUT2D eigenvalue weighted by Crippen LogP contribution is -2.25. The van der Waals surface area contributed by atoms with Gasteiger partial charge in [0.15, 0.2) is 0 Å². The minimum absolute atomic E-state index is 0.0683. The standard InChI is InChI=1S/C28H28N2O5/c1-5-29(4)18-9-12-21-24(15-18)35-25-16-19(30(6-2)7-3)10-13-22(25)26(21)20-11-8-17(27(31)32)14-23(20)28(33)34/h8-16H,5-7H2,1-4H3,(H-,31,32,33,34)/p+1. The molecule has 0 fully saturated rings. The van der Waals surface area contributed by atoms with Crippen LogP contribution in [0.25, 0.3) is 33.4 Å². The van der Waals surface area contributed by atoms with Crippen molar-refractivity contribution in [1.29, 1.82) is 0 Å². The molecule has 0 saturated heterocycles. The Morgan fingerprint density at radius 1 is 0.886 bits per heavy atom. The SMILES string of the molecule is CCN(CC)c1ccc2c(-c3ccc(C(=O)O)cc3C(=O)O)c3ccc(=[N+](C)CC)cc-3oc2c1. The van der Waals surface area contributed by atoms with Crippen LogP contribution in [0.3, 0.4) is 0 Å². The number of benzene rings is 3. The first kappa shape index (κ1) is 24.0. The Bertz CT molecular complexity index is 1480. The van der Waals surface area contributed by atoms with Crippen LogP contribution < -0.4 is 14.8 Å². The normalized spacial score (nSPS) is 12.1. The molecule has 7 heteroatoms. The first-order valence-corrected chi connectivity index (χ1v) is 11.7. The van der Waals surface area contributed by atoms with Crippen molar-refractivity contribution < 1.29 is 24.2 Å². The number of aromatic carboxylic acids is 2. The zero-order chi connectivity index (χ0) is 25.3. The summed E-state index contributed by atoms with van der Waals surface area (Å²) in [5.74, 6) is -1.74. The smallest absolute Gasteiger partial charge is 0.336 e. The topological polar surface area (TPSA) is 94.0 Å². The highest BCUT2D eigenvalue weighted by molar-refractivity contribution is 6.08. The Hall–Kier alpha value is -4.13. The van der Waals surface area contributed by atoms with Crippen molar-refractivity contribution in [2.75, 3.05) is 31.6 Å². The number of carboxylic acid groups (broad SMARTS) is 2. The molecule has 1 aliphatic heterocycles. The molecule has 0 atom stereocenters. The number of hydrogen-bond donors (Lipinski definition) is 2. The van der Waals surface area contributed by atoms with Gasteiger partial charge in [-0.15, -0.1) is 0 Å². The third-order valence-electron chi connectivity index (χ3n) is 6.50. The number of anilines is 1. The van der Waals surface area contributed by atoms with Gasteiger partial charge in [0.1, 0.15) is 24.9 Å². The summed E-state index contributed by atoms with van der Waals surface area (Å²) in [6.45, 7) is 8.74. The fraction of sp³-hybridized carbons (Fsp3) is 0.250. The van der Waals surface area contributed by atoms with Crippen LogP contribution in [-0.2, 0) is 0 Å². The van der Waals surface area contributed by atoms with Crippen molar-refractivity contribution >= 4 is 28.6 Å². The summed E-state index contributed by atoms with van der Waals surface area (Å²) in [6, 6.07) is 16.0. The minimum Gasteiger partial charge on any atom is -0.478 e. The van der Waals surface area contributed by atoms with Gasteiger partial charge in [-0.1, -0.05) is 6.07 Å². The molecule has 1 aliphatic carbocycles. The average molecular weight is 474 g/mol. The van der Waals surface area contributed by atoms with E-state index in [9.17, 15) is 19.8 Å². The van der Waals surface area contributed by atoms with Crippen molar-refractivity contribution in [3.8, 4) is 22.5 Å². The molecule has 0 aromatic heterocycles. The number of rotatable bonds is 7. The second kappa shape index (κ2) is 9.62. The van der Waals surface area contributed by atoms with Gasteiger partial charge in [-0.3, -0.25) is 0 Å². The van der Waals surface area contributed by atoms with Crippen LogP contribution in [0.15, 0.2) is 59.0 Å². The van der Waals surface area contributed by atoms with Gasteiger partial charge in [0.25, 0.3) is 0 Å². The average Bonchev–Trinajstić information content (AvgIpc) is 2.86. The summed E-state index contributed by atoms with van der Waals surface area (Å²) in [5, 5.41) is 21.1. The lowest BCUT2D eigenvalue weighted by atomic mass is 9.89. The molecule has 2 aliphatic rings. The molecule has 7 nitrogen and oxygen atoms in total. The van der Waals surface area contributed by atoms with Crippen molar-refractivity contribution in [1.82, 2.24) is 4.58 Å². The van der Waals surface area contributed by atoms with Crippen LogP contribution in [0, 0.1) is 0 Å². The van der Waals surface area contributed by atoms with Gasteiger partial charge in [-0.05, 0) is 56.7 Å². The zero-order valence-corrected chi connectivity index (χ0v) is 20.3. The van der Waals surface area contributed by atoms with Crippen molar-refractivity contribution in [3.05, 3.63) is 71.1 Å². The maximum absolute atomic E-state index is 12.2. The van der Waals surface area contributed by atoms with Gasteiger partial charge in [0.05, 0.1) is 17.2 Å². The van der Waals surface area contributed by atoms with Crippen molar-refractivity contribution in [2.45, 2.75) is 20.8 Å². The summed E-state index contributed by atoms with van der Waals surface area (Å²) in [5.41, 5.74) is 3.40. The first-order chi connectivity index (χ1) is 16.8. The second-order valence-electron chi connectivity index (χ2n) is 8.40. The molecule has 180 valence electrons. The number of nitrogens with zero attached hydrogens (tertiary/aromatic N) is 2. The molecule has 2 N–H and O–H groups in total. The van der Waals surface area contributed by atoms with Crippen LogP contribution in [0.5, 0.6) is 0 Å². The second-order valence-corrected chi connectivity index (χ2v) is 8.40. The fourth-order valence-corrected chi connectivity index (χ4v) is 4.44. The van der Waals surface area contributed by atoms with Gasteiger partial charge in [0, 0.05) is 47.4 Å². The summed E-state index contributed by atoms with van der Waals surface area (Å²) < 4.78 is 8.48. The van der Waals surface area contributed by atoms with Crippen molar-refractivity contribution in [3.63, 3.8) is 0 Å². The van der Waals surface area contributed by atoms with E-state index in [4.69, 9.17) is 4.42 Å². The van der Waals surface area contributed by atoms with E-state index < -0.39 is 11.9 Å². The quantitative estimate of drug-likeness (QED) is 0.294. The van der Waals surface area contributed by atoms with E-state index in [1.807, 2.05) is 43.4 Å². The maximum atomic E-state index is 12.2. The largest absolute Gasteiger partial charge is 0.478 e. The summed E-state index contributed by atoms with van der Waals surface area (Å²) in [6.07, 6.45) is 0. The molecule has 2 aromatic carbocycles. The van der Waals surface area contributed by atoms with Gasteiger partial charge in [0.2, 0.25) is 5.36 Å². The predicted molar refractivity (Wildman–Crippen MR) is 137 cm³/mol. The zero-order valence-electron chi connectivity index (χ0n) is 20.3. The maximum Gasteiger partial charge on any atom is 0.336 e. The fourth-order valence-electron chi connectivity index (χ4n) is 4.44. The Morgan fingerprint density at radius 3 is 2.23 bits per heavy atom.